The van der Waals surface area contributed by atoms with Gasteiger partial charge in [0.05, 0.1) is 6.10 Å². The van der Waals surface area contributed by atoms with Crippen LogP contribution < -0.4 is 10.5 Å². The molecule has 1 aromatic rings. The second-order valence-corrected chi connectivity index (χ2v) is 5.66. The van der Waals surface area contributed by atoms with E-state index >= 15 is 0 Å². The molecule has 1 aromatic carbocycles. The average Bonchev–Trinajstić information content (AvgIpc) is 2.28. The molecule has 0 atom stereocenters. The van der Waals surface area contributed by atoms with Crippen molar-refractivity contribution in [1.82, 2.24) is 0 Å². The lowest BCUT2D eigenvalue weighted by Gasteiger charge is -2.21. The molecule has 3 nitrogen and oxygen atoms in total. The molecule has 0 radical (unpaired) electrons. The molecule has 0 unspecified atom stereocenters. The van der Waals surface area contributed by atoms with Gasteiger partial charge in [-0.15, -0.1) is 0 Å². The van der Waals surface area contributed by atoms with Gasteiger partial charge in [0, 0.05) is 12.0 Å². The highest BCUT2D eigenvalue weighted by Crippen LogP contribution is 2.22. The SMILES string of the molecule is CC(C)Oc1ccc(C(=O)CC(C)(C)CN)cc1. The number of carbonyl (C=O) groups is 1. The van der Waals surface area contributed by atoms with Crippen LogP contribution in [0.3, 0.4) is 0 Å². The van der Waals surface area contributed by atoms with Crippen molar-refractivity contribution in [2.75, 3.05) is 6.54 Å². The molecule has 0 bridgehead atoms. The molecule has 0 heterocycles. The maximum atomic E-state index is 12.1. The fraction of sp³-hybridized carbons (Fsp3) is 0.533. The molecule has 0 amide bonds. The van der Waals surface area contributed by atoms with Crippen LogP contribution in [0.5, 0.6) is 5.75 Å². The van der Waals surface area contributed by atoms with E-state index in [1.54, 1.807) is 0 Å². The summed E-state index contributed by atoms with van der Waals surface area (Å²) in [6.07, 6.45) is 0.608. The second kappa shape index (κ2) is 6.01. The Labute approximate surface area is 109 Å². The second-order valence-electron chi connectivity index (χ2n) is 5.66. The van der Waals surface area contributed by atoms with E-state index in [1.807, 2.05) is 52.0 Å². The van der Waals surface area contributed by atoms with E-state index in [2.05, 4.69) is 0 Å². The summed E-state index contributed by atoms with van der Waals surface area (Å²) in [7, 11) is 0. The summed E-state index contributed by atoms with van der Waals surface area (Å²) in [5.41, 5.74) is 6.21. The van der Waals surface area contributed by atoms with Crippen LogP contribution in [0.25, 0.3) is 0 Å². The van der Waals surface area contributed by atoms with Crippen molar-refractivity contribution >= 4 is 5.78 Å². The van der Waals surface area contributed by atoms with E-state index < -0.39 is 0 Å². The number of ether oxygens (including phenoxy) is 1. The lowest BCUT2D eigenvalue weighted by Crippen LogP contribution is -2.26. The molecule has 0 fully saturated rings. The maximum absolute atomic E-state index is 12.1. The summed E-state index contributed by atoms with van der Waals surface area (Å²) in [4.78, 5) is 12.1. The summed E-state index contributed by atoms with van der Waals surface area (Å²) in [5.74, 6) is 0.918. The molecule has 2 N–H and O–H groups in total. The summed E-state index contributed by atoms with van der Waals surface area (Å²) in [6.45, 7) is 8.46. The summed E-state index contributed by atoms with van der Waals surface area (Å²) >= 11 is 0. The molecular weight excluding hydrogens is 226 g/mol. The summed E-state index contributed by atoms with van der Waals surface area (Å²) in [6, 6.07) is 7.30. The molecule has 1 rings (SSSR count). The van der Waals surface area contributed by atoms with Crippen molar-refractivity contribution in [2.45, 2.75) is 40.2 Å². The lowest BCUT2D eigenvalue weighted by molar-refractivity contribution is 0.0935. The van der Waals surface area contributed by atoms with Gasteiger partial charge in [-0.2, -0.15) is 0 Å². The van der Waals surface area contributed by atoms with E-state index in [-0.39, 0.29) is 17.3 Å². The van der Waals surface area contributed by atoms with E-state index in [1.165, 1.54) is 0 Å². The van der Waals surface area contributed by atoms with Gasteiger partial charge in [0.25, 0.3) is 0 Å². The molecule has 18 heavy (non-hydrogen) atoms. The highest BCUT2D eigenvalue weighted by atomic mass is 16.5. The number of hydrogen-bond donors (Lipinski definition) is 1. The minimum Gasteiger partial charge on any atom is -0.491 e. The number of rotatable bonds is 6. The van der Waals surface area contributed by atoms with Gasteiger partial charge in [-0.3, -0.25) is 4.79 Å². The Kier molecular flexibility index (Phi) is 4.91. The molecule has 3 heteroatoms. The quantitative estimate of drug-likeness (QED) is 0.788. The Bertz CT molecular complexity index is 393. The smallest absolute Gasteiger partial charge is 0.163 e. The van der Waals surface area contributed by atoms with Crippen molar-refractivity contribution in [3.05, 3.63) is 29.8 Å². The molecule has 0 saturated heterocycles. The first-order chi connectivity index (χ1) is 8.34. The predicted octanol–water partition coefficient (Wildman–Crippen LogP) is 3.03. The van der Waals surface area contributed by atoms with Gasteiger partial charge in [0.15, 0.2) is 5.78 Å². The van der Waals surface area contributed by atoms with Crippen LogP contribution in [0.2, 0.25) is 0 Å². The van der Waals surface area contributed by atoms with E-state index in [9.17, 15) is 4.79 Å². The summed E-state index contributed by atoms with van der Waals surface area (Å²) < 4.78 is 5.54. The molecule has 0 saturated carbocycles. The first-order valence-corrected chi connectivity index (χ1v) is 6.34. The van der Waals surface area contributed by atoms with Crippen LogP contribution in [0, 0.1) is 5.41 Å². The molecule has 100 valence electrons. The fourth-order valence-corrected chi connectivity index (χ4v) is 1.60. The minimum absolute atomic E-state index is 0.126. The van der Waals surface area contributed by atoms with E-state index in [0.29, 0.717) is 18.5 Å². The van der Waals surface area contributed by atoms with Crippen molar-refractivity contribution in [1.29, 1.82) is 0 Å². The van der Waals surface area contributed by atoms with Gasteiger partial charge in [-0.25, -0.2) is 0 Å². The maximum Gasteiger partial charge on any atom is 0.163 e. The van der Waals surface area contributed by atoms with E-state index in [0.717, 1.165) is 5.75 Å². The van der Waals surface area contributed by atoms with Gasteiger partial charge in [0.2, 0.25) is 0 Å². The van der Waals surface area contributed by atoms with Crippen LogP contribution in [-0.4, -0.2) is 18.4 Å². The predicted molar refractivity (Wildman–Crippen MR) is 74.0 cm³/mol. The highest BCUT2D eigenvalue weighted by molar-refractivity contribution is 5.96. The van der Waals surface area contributed by atoms with Crippen LogP contribution in [0.1, 0.15) is 44.5 Å². The number of Topliss-reactive ketones (excluding diaryl/α,β-unsaturated/α-hetero) is 1. The Morgan fingerprint density at radius 3 is 2.28 bits per heavy atom. The van der Waals surface area contributed by atoms with Crippen molar-refractivity contribution in [3.63, 3.8) is 0 Å². The zero-order valence-electron chi connectivity index (χ0n) is 11.7. The monoisotopic (exact) mass is 249 g/mol. The zero-order chi connectivity index (χ0) is 13.8. The first-order valence-electron chi connectivity index (χ1n) is 6.34. The summed E-state index contributed by atoms with van der Waals surface area (Å²) in [5, 5.41) is 0. The third-order valence-electron chi connectivity index (χ3n) is 2.74. The molecule has 0 spiro atoms. The van der Waals surface area contributed by atoms with Crippen molar-refractivity contribution in [2.24, 2.45) is 11.1 Å². The van der Waals surface area contributed by atoms with Crippen LogP contribution >= 0.6 is 0 Å². The third kappa shape index (κ3) is 4.49. The number of ketones is 1. The largest absolute Gasteiger partial charge is 0.491 e. The molecular formula is C15H23NO2. The van der Waals surface area contributed by atoms with Gasteiger partial charge < -0.3 is 10.5 Å². The highest BCUT2D eigenvalue weighted by Gasteiger charge is 2.21. The Morgan fingerprint density at radius 1 is 1.28 bits per heavy atom. The number of benzene rings is 1. The minimum atomic E-state index is -0.149. The Hall–Kier alpha value is -1.35. The Balaban J connectivity index is 2.70. The van der Waals surface area contributed by atoms with Crippen LogP contribution in [0.4, 0.5) is 0 Å². The van der Waals surface area contributed by atoms with Crippen LogP contribution in [-0.2, 0) is 0 Å². The van der Waals surface area contributed by atoms with Crippen molar-refractivity contribution in [3.8, 4) is 5.75 Å². The Morgan fingerprint density at radius 2 is 1.83 bits per heavy atom. The van der Waals surface area contributed by atoms with Gasteiger partial charge in [0.1, 0.15) is 5.75 Å². The molecule has 0 aliphatic rings. The standard InChI is InChI=1S/C15H23NO2/c1-11(2)18-13-7-5-12(6-8-13)14(17)9-15(3,4)10-16/h5-8,11H,9-10,16H2,1-4H3. The third-order valence-corrected chi connectivity index (χ3v) is 2.74. The normalized spacial score (nSPS) is 11.7. The average molecular weight is 249 g/mol. The number of hydrogen-bond acceptors (Lipinski definition) is 3. The molecule has 0 aliphatic carbocycles. The number of carbonyl (C=O) groups excluding carboxylic acids is 1. The van der Waals surface area contributed by atoms with Crippen molar-refractivity contribution < 1.29 is 9.53 Å². The topological polar surface area (TPSA) is 52.3 Å². The van der Waals surface area contributed by atoms with Gasteiger partial charge >= 0.3 is 0 Å². The zero-order valence-corrected chi connectivity index (χ0v) is 11.7. The van der Waals surface area contributed by atoms with E-state index in [4.69, 9.17) is 10.5 Å². The first kappa shape index (κ1) is 14.7. The molecule has 0 aliphatic heterocycles. The molecule has 0 aromatic heterocycles. The fourth-order valence-electron chi connectivity index (χ4n) is 1.60. The van der Waals surface area contributed by atoms with Gasteiger partial charge in [-0.1, -0.05) is 13.8 Å². The van der Waals surface area contributed by atoms with Crippen LogP contribution in [0.15, 0.2) is 24.3 Å². The lowest BCUT2D eigenvalue weighted by atomic mass is 9.86. The van der Waals surface area contributed by atoms with Gasteiger partial charge in [-0.05, 0) is 50.1 Å². The number of nitrogens with two attached hydrogens (primary N) is 1.